The molecule has 82 valence electrons. The molecule has 1 saturated carbocycles. The molecule has 1 aromatic carbocycles. The van der Waals surface area contributed by atoms with Crippen LogP contribution in [0.1, 0.15) is 37.7 Å². The van der Waals surface area contributed by atoms with Crippen LogP contribution in [-0.2, 0) is 5.41 Å². The maximum absolute atomic E-state index is 7.04. The van der Waals surface area contributed by atoms with Gasteiger partial charge in [-0.1, -0.05) is 31.4 Å². The molecule has 2 nitrogen and oxygen atoms in total. The molecule has 2 aliphatic rings. The van der Waals surface area contributed by atoms with E-state index in [1.54, 1.807) is 0 Å². The highest BCUT2D eigenvalue weighted by Gasteiger charge is 2.39. The molecule has 0 atom stereocenters. The van der Waals surface area contributed by atoms with Gasteiger partial charge in [-0.2, -0.15) is 0 Å². The number of hydrogen-bond acceptors (Lipinski definition) is 1. The molecule has 1 spiro atoms. The van der Waals surface area contributed by atoms with Gasteiger partial charge in [0.05, 0.1) is 6.57 Å². The van der Waals surface area contributed by atoms with Crippen LogP contribution in [0.5, 0.6) is 0 Å². The van der Waals surface area contributed by atoms with Crippen LogP contribution in [0.4, 0.5) is 11.4 Å². The van der Waals surface area contributed by atoms with Crippen LogP contribution in [-0.4, -0.2) is 6.54 Å². The van der Waals surface area contributed by atoms with Crippen LogP contribution in [0.15, 0.2) is 18.2 Å². The Morgan fingerprint density at radius 1 is 1.19 bits per heavy atom. The fourth-order valence-electron chi connectivity index (χ4n) is 3.24. The molecule has 0 amide bonds. The zero-order valence-electron chi connectivity index (χ0n) is 9.42. The monoisotopic (exact) mass is 212 g/mol. The number of anilines is 1. The Balaban J connectivity index is 2.02. The average Bonchev–Trinajstić information content (AvgIpc) is 2.69. The Hall–Kier alpha value is -1.49. The lowest BCUT2D eigenvalue weighted by atomic mass is 9.71. The lowest BCUT2D eigenvalue weighted by Gasteiger charge is -2.33. The summed E-state index contributed by atoms with van der Waals surface area (Å²) in [5.41, 5.74) is 3.79. The van der Waals surface area contributed by atoms with Gasteiger partial charge < -0.3 is 5.32 Å². The minimum atomic E-state index is 0.383. The van der Waals surface area contributed by atoms with Gasteiger partial charge in [-0.15, -0.1) is 0 Å². The number of benzene rings is 1. The van der Waals surface area contributed by atoms with E-state index in [0.29, 0.717) is 5.41 Å². The second kappa shape index (κ2) is 3.52. The normalized spacial score (nSPS) is 21.2. The third-order valence-corrected chi connectivity index (χ3v) is 4.13. The van der Waals surface area contributed by atoms with Crippen LogP contribution in [0.3, 0.4) is 0 Å². The average molecular weight is 212 g/mol. The van der Waals surface area contributed by atoms with Crippen molar-refractivity contribution in [1.82, 2.24) is 0 Å². The lowest BCUT2D eigenvalue weighted by molar-refractivity contribution is 0.319. The highest BCUT2D eigenvalue weighted by molar-refractivity contribution is 5.67. The summed E-state index contributed by atoms with van der Waals surface area (Å²) in [7, 11) is 0. The van der Waals surface area contributed by atoms with Crippen molar-refractivity contribution < 1.29 is 0 Å². The van der Waals surface area contributed by atoms with Crippen molar-refractivity contribution >= 4 is 11.4 Å². The van der Waals surface area contributed by atoms with Gasteiger partial charge in [0.2, 0.25) is 0 Å². The van der Waals surface area contributed by atoms with Gasteiger partial charge in [-0.05, 0) is 24.5 Å². The van der Waals surface area contributed by atoms with Crippen molar-refractivity contribution in [2.24, 2.45) is 0 Å². The summed E-state index contributed by atoms with van der Waals surface area (Å²) in [5, 5.41) is 3.49. The molecule has 0 aromatic heterocycles. The highest BCUT2D eigenvalue weighted by Crippen LogP contribution is 2.47. The van der Waals surface area contributed by atoms with Gasteiger partial charge in [-0.25, -0.2) is 4.85 Å². The quantitative estimate of drug-likeness (QED) is 0.646. The van der Waals surface area contributed by atoms with Gasteiger partial charge in [-0.3, -0.25) is 0 Å². The molecule has 1 N–H and O–H groups in total. The van der Waals surface area contributed by atoms with E-state index >= 15 is 0 Å². The third kappa shape index (κ3) is 1.31. The molecule has 0 radical (unpaired) electrons. The van der Waals surface area contributed by atoms with E-state index in [1.807, 2.05) is 12.1 Å². The van der Waals surface area contributed by atoms with Gasteiger partial charge in [0.1, 0.15) is 0 Å². The third-order valence-electron chi connectivity index (χ3n) is 4.13. The van der Waals surface area contributed by atoms with Crippen molar-refractivity contribution in [3.05, 3.63) is 35.2 Å². The molecule has 16 heavy (non-hydrogen) atoms. The maximum Gasteiger partial charge on any atom is 0.189 e. The fraction of sp³-hybridized carbons (Fsp3) is 0.500. The Morgan fingerprint density at radius 3 is 2.75 bits per heavy atom. The van der Waals surface area contributed by atoms with Crippen LogP contribution >= 0.6 is 0 Å². The number of fused-ring (bicyclic) bond motifs is 2. The molecule has 0 bridgehead atoms. The minimum Gasteiger partial charge on any atom is -0.385 e. The maximum atomic E-state index is 7.04. The van der Waals surface area contributed by atoms with Crippen LogP contribution in [0.25, 0.3) is 4.85 Å². The summed E-state index contributed by atoms with van der Waals surface area (Å²) in [6, 6.07) is 6.15. The van der Waals surface area contributed by atoms with E-state index in [9.17, 15) is 0 Å². The number of hydrogen-bond donors (Lipinski definition) is 1. The summed E-state index contributed by atoms with van der Waals surface area (Å²) < 4.78 is 0. The number of nitrogens with one attached hydrogen (secondary N) is 1. The first-order valence-electron chi connectivity index (χ1n) is 6.10. The molecule has 1 fully saturated rings. The standard InChI is InChI=1S/C14H16N2/c1-15-11-5-6-12-13(9-11)16-10-14(12)7-3-2-4-8-14/h5-6,9,16H,2-4,7-8,10H2. The van der Waals surface area contributed by atoms with Crippen molar-refractivity contribution in [3.63, 3.8) is 0 Å². The van der Waals surface area contributed by atoms with Gasteiger partial charge >= 0.3 is 0 Å². The number of nitrogens with zero attached hydrogens (tertiary/aromatic N) is 1. The van der Waals surface area contributed by atoms with E-state index in [2.05, 4.69) is 16.2 Å². The predicted molar refractivity (Wildman–Crippen MR) is 66.0 cm³/mol. The minimum absolute atomic E-state index is 0.383. The molecule has 0 saturated heterocycles. The van der Waals surface area contributed by atoms with E-state index < -0.39 is 0 Å². The first-order valence-corrected chi connectivity index (χ1v) is 6.10. The van der Waals surface area contributed by atoms with Gasteiger partial charge in [0, 0.05) is 17.6 Å². The predicted octanol–water partition coefficient (Wildman–Crippen LogP) is 3.86. The molecule has 1 heterocycles. The fourth-order valence-corrected chi connectivity index (χ4v) is 3.24. The molecule has 2 heteroatoms. The summed E-state index contributed by atoms with van der Waals surface area (Å²) in [6.07, 6.45) is 6.71. The molecule has 3 rings (SSSR count). The SMILES string of the molecule is [C-]#[N+]c1ccc2c(c1)NCC21CCCCC1. The van der Waals surface area contributed by atoms with E-state index in [1.165, 1.54) is 43.4 Å². The molecule has 1 aliphatic carbocycles. The Morgan fingerprint density at radius 2 is 2.00 bits per heavy atom. The van der Waals surface area contributed by atoms with Crippen molar-refractivity contribution in [2.75, 3.05) is 11.9 Å². The summed E-state index contributed by atoms with van der Waals surface area (Å²) in [6.45, 7) is 8.11. The molecule has 0 unspecified atom stereocenters. The van der Waals surface area contributed by atoms with Crippen LogP contribution in [0, 0.1) is 6.57 Å². The second-order valence-electron chi connectivity index (χ2n) is 5.04. The Labute approximate surface area is 96.5 Å². The summed E-state index contributed by atoms with van der Waals surface area (Å²) >= 11 is 0. The Bertz CT molecular complexity index is 450. The summed E-state index contributed by atoms with van der Waals surface area (Å²) in [5.74, 6) is 0. The van der Waals surface area contributed by atoms with Gasteiger partial charge in [0.15, 0.2) is 5.69 Å². The van der Waals surface area contributed by atoms with Crippen molar-refractivity contribution in [3.8, 4) is 0 Å². The van der Waals surface area contributed by atoms with Gasteiger partial charge in [0.25, 0.3) is 0 Å². The Kier molecular flexibility index (Phi) is 2.14. The number of rotatable bonds is 0. The molecule has 1 aromatic rings. The largest absolute Gasteiger partial charge is 0.385 e. The topological polar surface area (TPSA) is 16.4 Å². The second-order valence-corrected chi connectivity index (χ2v) is 5.04. The molecular weight excluding hydrogens is 196 g/mol. The van der Waals surface area contributed by atoms with Crippen molar-refractivity contribution in [2.45, 2.75) is 37.5 Å². The first kappa shape index (κ1) is 9.72. The van der Waals surface area contributed by atoms with Crippen molar-refractivity contribution in [1.29, 1.82) is 0 Å². The lowest BCUT2D eigenvalue weighted by Crippen LogP contribution is -2.30. The summed E-state index contributed by atoms with van der Waals surface area (Å²) in [4.78, 5) is 3.49. The smallest absolute Gasteiger partial charge is 0.189 e. The molecule has 1 aliphatic heterocycles. The zero-order valence-corrected chi connectivity index (χ0v) is 9.42. The van der Waals surface area contributed by atoms with E-state index in [0.717, 1.165) is 12.2 Å². The molecular formula is C14H16N2. The first-order chi connectivity index (χ1) is 7.84. The van der Waals surface area contributed by atoms with Crippen LogP contribution in [0.2, 0.25) is 0 Å². The zero-order chi connectivity index (χ0) is 11.0. The van der Waals surface area contributed by atoms with Crippen LogP contribution < -0.4 is 5.32 Å². The van der Waals surface area contributed by atoms with E-state index in [-0.39, 0.29) is 0 Å². The van der Waals surface area contributed by atoms with E-state index in [4.69, 9.17) is 6.57 Å². The highest BCUT2D eigenvalue weighted by atomic mass is 14.9.